The van der Waals surface area contributed by atoms with Gasteiger partial charge in [-0.05, 0) is 33.2 Å². The number of halogens is 1. The maximum atomic E-state index is 11.0. The predicted molar refractivity (Wildman–Crippen MR) is 74.8 cm³/mol. The van der Waals surface area contributed by atoms with Crippen molar-refractivity contribution >= 4 is 28.5 Å². The summed E-state index contributed by atoms with van der Waals surface area (Å²) >= 11 is 2.38. The van der Waals surface area contributed by atoms with Gasteiger partial charge in [0, 0.05) is 13.7 Å². The van der Waals surface area contributed by atoms with Crippen LogP contribution in [0.5, 0.6) is 0 Å². The number of carbonyl (C=O) groups excluding carboxylic acids is 1. The Morgan fingerprint density at radius 2 is 1.88 bits per heavy atom. The first-order valence-corrected chi connectivity index (χ1v) is 6.73. The monoisotopic (exact) mass is 342 g/mol. The van der Waals surface area contributed by atoms with E-state index in [0.29, 0.717) is 0 Å². The molecule has 5 heteroatoms. The summed E-state index contributed by atoms with van der Waals surface area (Å²) in [4.78, 5) is 11.0. The third-order valence-electron chi connectivity index (χ3n) is 2.00. The van der Waals surface area contributed by atoms with Crippen LogP contribution in [0.3, 0.4) is 0 Å². The molecule has 0 unspecified atom stereocenters. The molecule has 0 aromatic rings. The molecule has 16 heavy (non-hydrogen) atoms. The molecule has 0 aliphatic heterocycles. The predicted octanol–water partition coefficient (Wildman–Crippen LogP) is 1.68. The topological polar surface area (TPSA) is 50.4 Å². The van der Waals surface area contributed by atoms with Crippen LogP contribution >= 0.6 is 22.6 Å². The molecule has 0 heterocycles. The van der Waals surface area contributed by atoms with Crippen molar-refractivity contribution in [2.75, 3.05) is 26.8 Å². The molecular weight excluding hydrogens is 319 g/mol. The summed E-state index contributed by atoms with van der Waals surface area (Å²) < 4.78 is 4.88. The molecule has 0 aliphatic rings. The van der Waals surface area contributed by atoms with Crippen LogP contribution in [-0.4, -0.2) is 36.3 Å². The molecule has 0 aromatic heterocycles. The summed E-state index contributed by atoms with van der Waals surface area (Å²) in [6.45, 7) is 6.24. The highest BCUT2D eigenvalue weighted by molar-refractivity contribution is 14.1. The zero-order valence-corrected chi connectivity index (χ0v) is 12.6. The van der Waals surface area contributed by atoms with Crippen molar-refractivity contribution in [3.8, 4) is 0 Å². The van der Waals surface area contributed by atoms with E-state index >= 15 is 0 Å². The lowest BCUT2D eigenvalue weighted by atomic mass is 10.2. The molecule has 0 aliphatic carbocycles. The van der Waals surface area contributed by atoms with Gasteiger partial charge in [0.1, 0.15) is 6.61 Å². The molecule has 0 bridgehead atoms. The third kappa shape index (κ3) is 12.2. The number of carbonyl (C=O) groups is 1. The van der Waals surface area contributed by atoms with Crippen LogP contribution in [0, 0.1) is 0 Å². The van der Waals surface area contributed by atoms with Crippen LogP contribution in [0.25, 0.3) is 0 Å². The molecule has 0 saturated carbocycles. The molecule has 1 amide bonds. The van der Waals surface area contributed by atoms with Gasteiger partial charge in [0.25, 0.3) is 0 Å². The highest BCUT2D eigenvalue weighted by atomic mass is 127. The van der Waals surface area contributed by atoms with E-state index in [-0.39, 0.29) is 16.1 Å². The van der Waals surface area contributed by atoms with E-state index in [1.165, 1.54) is 7.11 Å². The number of nitrogens with one attached hydrogen (secondary N) is 2. The van der Waals surface area contributed by atoms with E-state index in [2.05, 4.69) is 47.1 Å². The number of ether oxygens (including phenoxy) is 1. The van der Waals surface area contributed by atoms with Gasteiger partial charge in [0.15, 0.2) is 0 Å². The van der Waals surface area contributed by atoms with Gasteiger partial charge in [-0.3, -0.25) is 4.79 Å². The molecule has 0 saturated heterocycles. The number of hydrogen-bond acceptors (Lipinski definition) is 3. The standard InChI is InChI=1S/C11H23IN2O2/c1-11(2,12)14-8-6-4-5-7-13-10(15)9-16-3/h14H,4-9H2,1-3H3,(H,13,15). The lowest BCUT2D eigenvalue weighted by Gasteiger charge is -2.18. The SMILES string of the molecule is COCC(=O)NCCCCCNC(C)(C)I. The lowest BCUT2D eigenvalue weighted by molar-refractivity contribution is -0.124. The third-order valence-corrected chi connectivity index (χ3v) is 2.38. The largest absolute Gasteiger partial charge is 0.375 e. The molecule has 0 atom stereocenters. The average molecular weight is 342 g/mol. The Labute approximate surface area is 112 Å². The summed E-state index contributed by atoms with van der Waals surface area (Å²) in [7, 11) is 1.52. The molecule has 0 aromatic carbocycles. The zero-order valence-electron chi connectivity index (χ0n) is 10.4. The molecule has 2 N–H and O–H groups in total. The van der Waals surface area contributed by atoms with Gasteiger partial charge in [-0.2, -0.15) is 0 Å². The maximum Gasteiger partial charge on any atom is 0.245 e. The van der Waals surface area contributed by atoms with E-state index in [1.807, 2.05) is 0 Å². The van der Waals surface area contributed by atoms with Crippen LogP contribution in [0.15, 0.2) is 0 Å². The Morgan fingerprint density at radius 3 is 2.44 bits per heavy atom. The Hall–Kier alpha value is 0.120. The average Bonchev–Trinajstić information content (AvgIpc) is 2.15. The van der Waals surface area contributed by atoms with Gasteiger partial charge in [-0.15, -0.1) is 0 Å². The number of hydrogen-bond donors (Lipinski definition) is 2. The zero-order chi connectivity index (χ0) is 12.4. The fourth-order valence-electron chi connectivity index (χ4n) is 1.22. The Morgan fingerprint density at radius 1 is 1.25 bits per heavy atom. The van der Waals surface area contributed by atoms with Crippen molar-refractivity contribution in [2.24, 2.45) is 0 Å². The minimum absolute atomic E-state index is 0.0333. The van der Waals surface area contributed by atoms with Crippen molar-refractivity contribution in [3.05, 3.63) is 0 Å². The minimum Gasteiger partial charge on any atom is -0.375 e. The molecule has 0 radical (unpaired) electrons. The van der Waals surface area contributed by atoms with Gasteiger partial charge in [-0.1, -0.05) is 29.0 Å². The van der Waals surface area contributed by atoms with E-state index in [9.17, 15) is 4.79 Å². The number of alkyl halides is 1. The normalized spacial score (nSPS) is 11.5. The second-order valence-electron chi connectivity index (χ2n) is 4.24. The number of methoxy groups -OCH3 is 1. The van der Waals surface area contributed by atoms with Crippen molar-refractivity contribution in [1.29, 1.82) is 0 Å². The lowest BCUT2D eigenvalue weighted by Crippen LogP contribution is -2.33. The van der Waals surface area contributed by atoms with Crippen molar-refractivity contribution in [3.63, 3.8) is 0 Å². The van der Waals surface area contributed by atoms with E-state index in [1.54, 1.807) is 0 Å². The van der Waals surface area contributed by atoms with Crippen LogP contribution in [0.1, 0.15) is 33.1 Å². The summed E-state index contributed by atoms with van der Waals surface area (Å²) in [5, 5.41) is 6.23. The first-order valence-electron chi connectivity index (χ1n) is 5.65. The van der Waals surface area contributed by atoms with Crippen LogP contribution in [0.2, 0.25) is 0 Å². The number of amides is 1. The highest BCUT2D eigenvalue weighted by Crippen LogP contribution is 2.11. The van der Waals surface area contributed by atoms with E-state index < -0.39 is 0 Å². The number of unbranched alkanes of at least 4 members (excludes halogenated alkanes) is 2. The van der Waals surface area contributed by atoms with E-state index in [4.69, 9.17) is 4.74 Å². The molecule has 4 nitrogen and oxygen atoms in total. The van der Waals surface area contributed by atoms with Crippen molar-refractivity contribution in [1.82, 2.24) is 10.6 Å². The molecule has 0 spiro atoms. The van der Waals surface area contributed by atoms with Crippen LogP contribution in [0.4, 0.5) is 0 Å². The Kier molecular flexibility index (Phi) is 9.25. The Bertz CT molecular complexity index is 193. The first kappa shape index (κ1) is 16.1. The smallest absolute Gasteiger partial charge is 0.245 e. The number of rotatable bonds is 9. The first-order chi connectivity index (χ1) is 7.45. The van der Waals surface area contributed by atoms with Gasteiger partial charge in [0.2, 0.25) is 5.91 Å². The Balaban J connectivity index is 3.19. The fourth-order valence-corrected chi connectivity index (χ4v) is 1.49. The quantitative estimate of drug-likeness (QED) is 0.290. The summed E-state index contributed by atoms with van der Waals surface area (Å²) in [5.74, 6) is -0.0333. The van der Waals surface area contributed by atoms with E-state index in [0.717, 1.165) is 32.4 Å². The fraction of sp³-hybridized carbons (Fsp3) is 0.909. The van der Waals surface area contributed by atoms with Crippen molar-refractivity contribution in [2.45, 2.75) is 36.7 Å². The molecule has 0 fully saturated rings. The van der Waals surface area contributed by atoms with Gasteiger partial charge in [0.05, 0.1) is 3.55 Å². The minimum atomic E-state index is -0.0333. The van der Waals surface area contributed by atoms with Crippen molar-refractivity contribution < 1.29 is 9.53 Å². The van der Waals surface area contributed by atoms with Gasteiger partial charge < -0.3 is 15.4 Å². The second-order valence-corrected chi connectivity index (χ2v) is 6.94. The van der Waals surface area contributed by atoms with Gasteiger partial charge in [-0.25, -0.2) is 0 Å². The summed E-state index contributed by atoms with van der Waals surface area (Å²) in [6, 6.07) is 0. The van der Waals surface area contributed by atoms with Crippen LogP contribution in [-0.2, 0) is 9.53 Å². The molecule has 0 rings (SSSR count). The second kappa shape index (κ2) is 9.18. The van der Waals surface area contributed by atoms with Crippen LogP contribution < -0.4 is 10.6 Å². The maximum absolute atomic E-state index is 11.0. The highest BCUT2D eigenvalue weighted by Gasteiger charge is 2.09. The summed E-state index contributed by atoms with van der Waals surface area (Å²) in [5.41, 5.74) is 0. The molecular formula is C11H23IN2O2. The summed E-state index contributed by atoms with van der Waals surface area (Å²) in [6.07, 6.45) is 3.30. The van der Waals surface area contributed by atoms with Gasteiger partial charge >= 0.3 is 0 Å². The molecule has 96 valence electrons.